The molecule has 0 unspecified atom stereocenters. The van der Waals surface area contributed by atoms with Crippen molar-refractivity contribution in [1.82, 2.24) is 0 Å². The molecule has 82 valence electrons. The molecule has 0 bridgehead atoms. The van der Waals surface area contributed by atoms with Crippen molar-refractivity contribution < 1.29 is 9.53 Å². The Morgan fingerprint density at radius 3 is 2.33 bits per heavy atom. The fourth-order valence-corrected chi connectivity index (χ4v) is 1.10. The van der Waals surface area contributed by atoms with Crippen molar-refractivity contribution >= 4 is 17.3 Å². The third-order valence-corrected chi connectivity index (χ3v) is 1.69. The zero-order valence-electron chi connectivity index (χ0n) is 9.20. The van der Waals surface area contributed by atoms with Gasteiger partial charge in [-0.3, -0.25) is 0 Å². The van der Waals surface area contributed by atoms with Crippen LogP contribution in [0.2, 0.25) is 0 Å². The standard InChI is InChI=1S/C11H16N2O2/c1-11(2,3)15-10(14)8-5-4-7(12)6-9(8)13/h4-6H,12-13H2,1-3H3. The number of nitrogens with two attached hydrogens (primary N) is 2. The van der Waals surface area contributed by atoms with Gasteiger partial charge in [0, 0.05) is 11.4 Å². The first-order valence-electron chi connectivity index (χ1n) is 4.68. The Morgan fingerprint density at radius 1 is 1.27 bits per heavy atom. The van der Waals surface area contributed by atoms with Crippen LogP contribution in [0.15, 0.2) is 18.2 Å². The molecule has 0 fully saturated rings. The summed E-state index contributed by atoms with van der Waals surface area (Å²) in [5.74, 6) is -0.431. The molecule has 0 atom stereocenters. The molecule has 0 saturated carbocycles. The molecule has 1 aromatic carbocycles. The molecule has 0 aliphatic rings. The third-order valence-electron chi connectivity index (χ3n) is 1.69. The quantitative estimate of drug-likeness (QED) is 0.545. The molecule has 1 aromatic rings. The van der Waals surface area contributed by atoms with Crippen LogP contribution in [0.25, 0.3) is 0 Å². The van der Waals surface area contributed by atoms with Gasteiger partial charge >= 0.3 is 5.97 Å². The van der Waals surface area contributed by atoms with Crippen molar-refractivity contribution in [3.63, 3.8) is 0 Å². The lowest BCUT2D eigenvalue weighted by Gasteiger charge is -2.20. The lowest BCUT2D eigenvalue weighted by Crippen LogP contribution is -2.24. The average Bonchev–Trinajstić information content (AvgIpc) is 1.99. The van der Waals surface area contributed by atoms with E-state index in [1.807, 2.05) is 0 Å². The molecule has 0 aromatic heterocycles. The zero-order chi connectivity index (χ0) is 11.6. The fourth-order valence-electron chi connectivity index (χ4n) is 1.10. The van der Waals surface area contributed by atoms with E-state index in [-0.39, 0.29) is 0 Å². The molecule has 0 radical (unpaired) electrons. The van der Waals surface area contributed by atoms with Gasteiger partial charge in [-0.25, -0.2) is 4.79 Å². The number of anilines is 2. The lowest BCUT2D eigenvalue weighted by molar-refractivity contribution is 0.00709. The maximum absolute atomic E-state index is 11.6. The van der Waals surface area contributed by atoms with Gasteiger partial charge in [0.15, 0.2) is 0 Å². The molecule has 0 spiro atoms. The SMILES string of the molecule is CC(C)(C)OC(=O)c1ccc(N)cc1N. The highest BCUT2D eigenvalue weighted by molar-refractivity contribution is 5.95. The molecule has 0 amide bonds. The Labute approximate surface area is 89.2 Å². The van der Waals surface area contributed by atoms with Crippen molar-refractivity contribution in [2.24, 2.45) is 0 Å². The van der Waals surface area contributed by atoms with Crippen molar-refractivity contribution in [1.29, 1.82) is 0 Å². The van der Waals surface area contributed by atoms with Crippen LogP contribution in [0.1, 0.15) is 31.1 Å². The zero-order valence-corrected chi connectivity index (χ0v) is 9.20. The topological polar surface area (TPSA) is 78.3 Å². The number of benzene rings is 1. The van der Waals surface area contributed by atoms with E-state index in [9.17, 15) is 4.79 Å². The second kappa shape index (κ2) is 3.81. The molecule has 4 heteroatoms. The summed E-state index contributed by atoms with van der Waals surface area (Å²) in [7, 11) is 0. The van der Waals surface area contributed by atoms with E-state index < -0.39 is 11.6 Å². The number of ether oxygens (including phenoxy) is 1. The third kappa shape index (κ3) is 3.16. The maximum atomic E-state index is 11.6. The van der Waals surface area contributed by atoms with Gasteiger partial charge in [-0.05, 0) is 39.0 Å². The van der Waals surface area contributed by atoms with Crippen molar-refractivity contribution in [3.8, 4) is 0 Å². The van der Waals surface area contributed by atoms with Gasteiger partial charge in [0.1, 0.15) is 5.60 Å². The normalized spacial score (nSPS) is 11.1. The second-order valence-electron chi connectivity index (χ2n) is 4.35. The van der Waals surface area contributed by atoms with Gasteiger partial charge < -0.3 is 16.2 Å². The Kier molecular flexibility index (Phi) is 2.88. The first kappa shape index (κ1) is 11.4. The minimum absolute atomic E-state index is 0.337. The van der Waals surface area contributed by atoms with E-state index >= 15 is 0 Å². The first-order chi connectivity index (χ1) is 6.79. The summed E-state index contributed by atoms with van der Waals surface area (Å²) in [6, 6.07) is 4.73. The monoisotopic (exact) mass is 208 g/mol. The smallest absolute Gasteiger partial charge is 0.340 e. The van der Waals surface area contributed by atoms with Crippen LogP contribution >= 0.6 is 0 Å². The van der Waals surface area contributed by atoms with Crippen LogP contribution in [0.3, 0.4) is 0 Å². The van der Waals surface area contributed by atoms with Crippen molar-refractivity contribution in [2.45, 2.75) is 26.4 Å². The summed E-state index contributed by atoms with van der Waals surface area (Å²) in [6.45, 7) is 5.41. The first-order valence-corrected chi connectivity index (χ1v) is 4.68. The highest BCUT2D eigenvalue weighted by Gasteiger charge is 2.19. The van der Waals surface area contributed by atoms with Crippen LogP contribution in [0.4, 0.5) is 11.4 Å². The molecule has 0 heterocycles. The molecule has 4 N–H and O–H groups in total. The Bertz CT molecular complexity index is 381. The maximum Gasteiger partial charge on any atom is 0.340 e. The number of carbonyl (C=O) groups excluding carboxylic acids is 1. The summed E-state index contributed by atoms with van der Waals surface area (Å²) in [4.78, 5) is 11.6. The van der Waals surface area contributed by atoms with E-state index in [2.05, 4.69) is 0 Å². The predicted molar refractivity (Wildman–Crippen MR) is 60.4 cm³/mol. The van der Waals surface area contributed by atoms with Crippen molar-refractivity contribution in [2.75, 3.05) is 11.5 Å². The molecule has 4 nitrogen and oxygen atoms in total. The van der Waals surface area contributed by atoms with Gasteiger partial charge in [-0.15, -0.1) is 0 Å². The summed E-state index contributed by atoms with van der Waals surface area (Å²) >= 11 is 0. The number of hydrogen-bond donors (Lipinski definition) is 2. The highest BCUT2D eigenvalue weighted by Crippen LogP contribution is 2.19. The van der Waals surface area contributed by atoms with Crippen molar-refractivity contribution in [3.05, 3.63) is 23.8 Å². The van der Waals surface area contributed by atoms with Crippen LogP contribution in [0, 0.1) is 0 Å². The average molecular weight is 208 g/mol. The predicted octanol–water partition coefficient (Wildman–Crippen LogP) is 1.81. The number of rotatable bonds is 1. The number of hydrogen-bond acceptors (Lipinski definition) is 4. The van der Waals surface area contributed by atoms with Gasteiger partial charge in [0.25, 0.3) is 0 Å². The molecule has 15 heavy (non-hydrogen) atoms. The summed E-state index contributed by atoms with van der Waals surface area (Å²) in [5.41, 5.74) is 11.9. The number of esters is 1. The number of carbonyl (C=O) groups is 1. The second-order valence-corrected chi connectivity index (χ2v) is 4.35. The molecule has 0 aliphatic heterocycles. The summed E-state index contributed by atoms with van der Waals surface area (Å²) in [6.07, 6.45) is 0. The van der Waals surface area contributed by atoms with Crippen LogP contribution < -0.4 is 11.5 Å². The van der Waals surface area contributed by atoms with E-state index in [4.69, 9.17) is 16.2 Å². The summed E-state index contributed by atoms with van der Waals surface area (Å²) in [5, 5.41) is 0. The Morgan fingerprint density at radius 2 is 1.87 bits per heavy atom. The van der Waals surface area contributed by atoms with Crippen LogP contribution in [-0.4, -0.2) is 11.6 Å². The van der Waals surface area contributed by atoms with Gasteiger partial charge in [-0.2, -0.15) is 0 Å². The van der Waals surface area contributed by atoms with E-state index in [0.29, 0.717) is 16.9 Å². The molecular weight excluding hydrogens is 192 g/mol. The Balaban J connectivity index is 2.92. The molecule has 1 rings (SSSR count). The minimum Gasteiger partial charge on any atom is -0.456 e. The Hall–Kier alpha value is -1.71. The largest absolute Gasteiger partial charge is 0.456 e. The van der Waals surface area contributed by atoms with Gasteiger partial charge in [0.2, 0.25) is 0 Å². The molecular formula is C11H16N2O2. The minimum atomic E-state index is -0.523. The highest BCUT2D eigenvalue weighted by atomic mass is 16.6. The van der Waals surface area contributed by atoms with Gasteiger partial charge in [0.05, 0.1) is 5.56 Å². The van der Waals surface area contributed by atoms with Gasteiger partial charge in [-0.1, -0.05) is 0 Å². The fraction of sp³-hybridized carbons (Fsp3) is 0.364. The molecule has 0 saturated heterocycles. The van der Waals surface area contributed by atoms with E-state index in [0.717, 1.165) is 0 Å². The molecule has 0 aliphatic carbocycles. The van der Waals surface area contributed by atoms with Crippen LogP contribution in [0.5, 0.6) is 0 Å². The van der Waals surface area contributed by atoms with E-state index in [1.54, 1.807) is 39.0 Å². The summed E-state index contributed by atoms with van der Waals surface area (Å²) < 4.78 is 5.18. The lowest BCUT2D eigenvalue weighted by atomic mass is 10.1. The van der Waals surface area contributed by atoms with Crippen LogP contribution in [-0.2, 0) is 4.74 Å². The number of nitrogen functional groups attached to an aromatic ring is 2. The van der Waals surface area contributed by atoms with E-state index in [1.165, 1.54) is 0 Å².